The molecule has 1 aromatic carbocycles. The molecule has 106 valence electrons. The van der Waals surface area contributed by atoms with Gasteiger partial charge in [0.2, 0.25) is 5.28 Å². The van der Waals surface area contributed by atoms with Gasteiger partial charge in [-0.2, -0.15) is 4.98 Å². The zero-order chi connectivity index (χ0) is 14.1. The Labute approximate surface area is 122 Å². The van der Waals surface area contributed by atoms with Gasteiger partial charge in [0.25, 0.3) is 0 Å². The number of likely N-dealkylation sites (N-methyl/N-ethyl adjacent to an activating group) is 1. The number of hydrogen-bond acceptors (Lipinski definition) is 5. The Kier molecular flexibility index (Phi) is 3.63. The van der Waals surface area contributed by atoms with Gasteiger partial charge >= 0.3 is 0 Å². The molecule has 1 atom stereocenters. The second kappa shape index (κ2) is 5.42. The second-order valence-corrected chi connectivity index (χ2v) is 5.23. The van der Waals surface area contributed by atoms with Crippen LogP contribution in [0.3, 0.4) is 0 Å². The van der Waals surface area contributed by atoms with Crippen molar-refractivity contribution in [2.24, 2.45) is 0 Å². The first kappa shape index (κ1) is 13.4. The fourth-order valence-corrected chi connectivity index (χ4v) is 2.84. The van der Waals surface area contributed by atoms with E-state index >= 15 is 0 Å². The van der Waals surface area contributed by atoms with Crippen molar-refractivity contribution in [1.29, 1.82) is 0 Å². The number of halogens is 1. The number of benzene rings is 1. The molecule has 0 radical (unpaired) electrons. The first-order chi connectivity index (χ1) is 9.72. The van der Waals surface area contributed by atoms with Crippen molar-refractivity contribution in [3.63, 3.8) is 0 Å². The molecule has 6 heteroatoms. The molecule has 20 heavy (non-hydrogen) atoms. The summed E-state index contributed by atoms with van der Waals surface area (Å²) in [5.74, 6) is 1.61. The minimum atomic E-state index is 0.255. The summed E-state index contributed by atoms with van der Waals surface area (Å²) in [7, 11) is 3.62. The van der Waals surface area contributed by atoms with Crippen LogP contribution < -0.4 is 15.0 Å². The van der Waals surface area contributed by atoms with Crippen LogP contribution in [0.5, 0.6) is 5.75 Å². The van der Waals surface area contributed by atoms with Crippen LogP contribution in [0.25, 0.3) is 10.9 Å². The van der Waals surface area contributed by atoms with Crippen LogP contribution in [0, 0.1) is 0 Å². The molecule has 1 fully saturated rings. The van der Waals surface area contributed by atoms with Gasteiger partial charge < -0.3 is 15.0 Å². The Bertz CT molecular complexity index is 634. The third-order valence-electron chi connectivity index (χ3n) is 3.76. The van der Waals surface area contributed by atoms with Gasteiger partial charge in [-0.05, 0) is 37.2 Å². The fraction of sp³-hybridized carbons (Fsp3) is 0.429. The van der Waals surface area contributed by atoms with Gasteiger partial charge in [0.05, 0.1) is 7.11 Å². The van der Waals surface area contributed by atoms with Crippen molar-refractivity contribution in [1.82, 2.24) is 15.3 Å². The molecule has 0 saturated carbocycles. The molecule has 1 N–H and O–H groups in total. The molecule has 2 heterocycles. The molecule has 0 aliphatic carbocycles. The standard InChI is InChI=1S/C14H17ClN4O/c1-16-9-6-7-19(8-9)13-10-4-3-5-11(20-2)12(10)17-14(15)18-13/h3-5,9,16H,6-8H2,1-2H3/t9-/m0/s1. The minimum Gasteiger partial charge on any atom is -0.494 e. The molecule has 0 amide bonds. The average molecular weight is 293 g/mol. The maximum atomic E-state index is 6.08. The lowest BCUT2D eigenvalue weighted by atomic mass is 10.2. The molecule has 1 aliphatic heterocycles. The van der Waals surface area contributed by atoms with Gasteiger partial charge in [0.15, 0.2) is 0 Å². The Balaban J connectivity index is 2.11. The zero-order valence-electron chi connectivity index (χ0n) is 11.6. The highest BCUT2D eigenvalue weighted by atomic mass is 35.5. The zero-order valence-corrected chi connectivity index (χ0v) is 12.3. The summed E-state index contributed by atoms with van der Waals surface area (Å²) in [6.45, 7) is 1.89. The first-order valence-electron chi connectivity index (χ1n) is 6.65. The van der Waals surface area contributed by atoms with E-state index in [1.165, 1.54) is 0 Å². The quantitative estimate of drug-likeness (QED) is 0.878. The molecule has 3 rings (SSSR count). The molecular formula is C14H17ClN4O. The highest BCUT2D eigenvalue weighted by Gasteiger charge is 2.24. The topological polar surface area (TPSA) is 50.3 Å². The molecule has 2 aromatic rings. The van der Waals surface area contributed by atoms with Crippen molar-refractivity contribution < 1.29 is 4.74 Å². The maximum Gasteiger partial charge on any atom is 0.225 e. The number of rotatable bonds is 3. The van der Waals surface area contributed by atoms with Gasteiger partial charge in [-0.1, -0.05) is 6.07 Å². The summed E-state index contributed by atoms with van der Waals surface area (Å²) in [4.78, 5) is 11.0. The number of nitrogens with zero attached hydrogens (tertiary/aromatic N) is 3. The number of methoxy groups -OCH3 is 1. The van der Waals surface area contributed by atoms with Crippen LogP contribution in [0.2, 0.25) is 5.28 Å². The number of anilines is 1. The lowest BCUT2D eigenvalue weighted by molar-refractivity contribution is 0.419. The number of ether oxygens (including phenoxy) is 1. The van der Waals surface area contributed by atoms with Crippen LogP contribution in [0.1, 0.15) is 6.42 Å². The Morgan fingerprint density at radius 3 is 2.95 bits per heavy atom. The summed E-state index contributed by atoms with van der Waals surface area (Å²) in [5.41, 5.74) is 0.762. The SMILES string of the molecule is CN[C@H]1CCN(c2nc(Cl)nc3c(OC)cccc23)C1. The average Bonchev–Trinajstić information content (AvgIpc) is 2.94. The molecule has 0 spiro atoms. The number of aromatic nitrogens is 2. The van der Waals surface area contributed by atoms with E-state index in [-0.39, 0.29) is 5.28 Å². The van der Waals surface area contributed by atoms with Crippen LogP contribution in [0.4, 0.5) is 5.82 Å². The molecule has 1 saturated heterocycles. The summed E-state index contributed by atoms with van der Waals surface area (Å²) >= 11 is 6.08. The van der Waals surface area contributed by atoms with E-state index in [9.17, 15) is 0 Å². The summed E-state index contributed by atoms with van der Waals surface area (Å²) < 4.78 is 5.36. The predicted molar refractivity (Wildman–Crippen MR) is 80.8 cm³/mol. The summed E-state index contributed by atoms with van der Waals surface area (Å²) in [6.07, 6.45) is 1.10. The Hall–Kier alpha value is -1.59. The van der Waals surface area contributed by atoms with E-state index in [1.807, 2.05) is 25.2 Å². The molecule has 5 nitrogen and oxygen atoms in total. The highest BCUT2D eigenvalue weighted by molar-refractivity contribution is 6.29. The van der Waals surface area contributed by atoms with Crippen molar-refractivity contribution in [2.75, 3.05) is 32.1 Å². The van der Waals surface area contributed by atoms with Crippen LogP contribution >= 0.6 is 11.6 Å². The lowest BCUT2D eigenvalue weighted by Gasteiger charge is -2.19. The van der Waals surface area contributed by atoms with E-state index in [0.29, 0.717) is 6.04 Å². The second-order valence-electron chi connectivity index (χ2n) is 4.89. The molecular weight excluding hydrogens is 276 g/mol. The largest absolute Gasteiger partial charge is 0.494 e. The summed E-state index contributed by atoms with van der Waals surface area (Å²) in [6, 6.07) is 6.34. The summed E-state index contributed by atoms with van der Waals surface area (Å²) in [5, 5.41) is 4.54. The Morgan fingerprint density at radius 2 is 2.25 bits per heavy atom. The van der Waals surface area contributed by atoms with E-state index in [4.69, 9.17) is 16.3 Å². The monoisotopic (exact) mass is 292 g/mol. The minimum absolute atomic E-state index is 0.255. The van der Waals surface area contributed by atoms with Gasteiger partial charge in [-0.15, -0.1) is 0 Å². The normalized spacial score (nSPS) is 18.8. The van der Waals surface area contributed by atoms with E-state index in [2.05, 4.69) is 20.2 Å². The lowest BCUT2D eigenvalue weighted by Crippen LogP contribution is -2.30. The van der Waals surface area contributed by atoms with Crippen molar-refractivity contribution in [2.45, 2.75) is 12.5 Å². The number of hydrogen-bond donors (Lipinski definition) is 1. The molecule has 1 aromatic heterocycles. The number of para-hydroxylation sites is 1. The third-order valence-corrected chi connectivity index (χ3v) is 3.93. The van der Waals surface area contributed by atoms with Crippen molar-refractivity contribution in [3.8, 4) is 5.75 Å². The van der Waals surface area contributed by atoms with Crippen LogP contribution in [0.15, 0.2) is 18.2 Å². The van der Waals surface area contributed by atoms with Crippen molar-refractivity contribution in [3.05, 3.63) is 23.5 Å². The van der Waals surface area contributed by atoms with Gasteiger partial charge in [-0.3, -0.25) is 0 Å². The molecule has 0 unspecified atom stereocenters. The van der Waals surface area contributed by atoms with E-state index in [0.717, 1.165) is 42.0 Å². The van der Waals surface area contributed by atoms with Gasteiger partial charge in [0.1, 0.15) is 17.1 Å². The highest BCUT2D eigenvalue weighted by Crippen LogP contribution is 2.32. The first-order valence-corrected chi connectivity index (χ1v) is 7.03. The van der Waals surface area contributed by atoms with Crippen LogP contribution in [-0.4, -0.2) is 43.3 Å². The molecule has 1 aliphatic rings. The number of fused-ring (bicyclic) bond motifs is 1. The third kappa shape index (κ3) is 2.27. The molecule has 0 bridgehead atoms. The predicted octanol–water partition coefficient (Wildman–Crippen LogP) is 2.09. The van der Waals surface area contributed by atoms with Crippen LogP contribution in [-0.2, 0) is 0 Å². The van der Waals surface area contributed by atoms with Crippen molar-refractivity contribution >= 4 is 28.3 Å². The van der Waals surface area contributed by atoms with E-state index < -0.39 is 0 Å². The van der Waals surface area contributed by atoms with Gasteiger partial charge in [-0.25, -0.2) is 4.98 Å². The van der Waals surface area contributed by atoms with Gasteiger partial charge in [0, 0.05) is 24.5 Å². The maximum absolute atomic E-state index is 6.08. The number of nitrogens with one attached hydrogen (secondary N) is 1. The smallest absolute Gasteiger partial charge is 0.225 e. The Morgan fingerprint density at radius 1 is 1.40 bits per heavy atom. The van der Waals surface area contributed by atoms with E-state index in [1.54, 1.807) is 7.11 Å². The fourth-order valence-electron chi connectivity index (χ4n) is 2.68.